The number of aromatic carboxylic acids is 1. The largest absolute Gasteiger partial charge is 0.478 e. The second kappa shape index (κ2) is 6.51. The summed E-state index contributed by atoms with van der Waals surface area (Å²) in [6.45, 7) is 3.44. The van der Waals surface area contributed by atoms with Crippen molar-refractivity contribution >= 4 is 29.5 Å². The molecule has 0 aliphatic carbocycles. The summed E-state index contributed by atoms with van der Waals surface area (Å²) in [7, 11) is 0. The molecule has 0 aromatic heterocycles. The van der Waals surface area contributed by atoms with Crippen LogP contribution in [0.15, 0.2) is 12.1 Å². The molecule has 0 unspecified atom stereocenters. The Hall–Kier alpha value is -2.90. The molecule has 0 atom stereocenters. The lowest BCUT2D eigenvalue weighted by Gasteiger charge is -2.13. The number of rotatable bonds is 4. The predicted molar refractivity (Wildman–Crippen MR) is 70.3 cm³/mol. The van der Waals surface area contributed by atoms with Crippen molar-refractivity contribution in [2.75, 3.05) is 5.32 Å². The van der Waals surface area contributed by atoms with E-state index in [1.807, 2.05) is 0 Å². The number of hydrogen-bond acceptors (Lipinski definition) is 6. The van der Waals surface area contributed by atoms with E-state index in [0.717, 1.165) is 26.0 Å². The summed E-state index contributed by atoms with van der Waals surface area (Å²) < 4.78 is 9.62. The van der Waals surface area contributed by atoms with E-state index in [2.05, 4.69) is 5.32 Å². The third kappa shape index (κ3) is 4.60. The minimum absolute atomic E-state index is 0.0129. The van der Waals surface area contributed by atoms with E-state index in [4.69, 9.17) is 14.6 Å². The minimum Gasteiger partial charge on any atom is -0.478 e. The number of anilines is 1. The molecule has 0 aliphatic rings. The SMILES string of the molecule is CC(=O)Nc1cc(OC(C)=O)c(C(=O)O)cc1OC(C)=O. The van der Waals surface area contributed by atoms with Crippen LogP contribution in [0.4, 0.5) is 5.69 Å². The molecular weight excluding hydrogens is 282 g/mol. The summed E-state index contributed by atoms with van der Waals surface area (Å²) >= 11 is 0. The molecule has 0 fully saturated rings. The zero-order valence-corrected chi connectivity index (χ0v) is 11.6. The Labute approximate surface area is 119 Å². The predicted octanol–water partition coefficient (Wildman–Crippen LogP) is 1.19. The summed E-state index contributed by atoms with van der Waals surface area (Å²) in [5.41, 5.74) is -0.366. The average Bonchev–Trinajstić information content (AvgIpc) is 2.29. The average molecular weight is 295 g/mol. The van der Waals surface area contributed by atoms with Crippen molar-refractivity contribution in [3.63, 3.8) is 0 Å². The van der Waals surface area contributed by atoms with Crippen molar-refractivity contribution in [1.29, 1.82) is 0 Å². The van der Waals surface area contributed by atoms with Crippen molar-refractivity contribution < 1.29 is 33.8 Å². The van der Waals surface area contributed by atoms with Crippen LogP contribution in [0.3, 0.4) is 0 Å². The minimum atomic E-state index is -1.38. The number of carbonyl (C=O) groups excluding carboxylic acids is 3. The van der Waals surface area contributed by atoms with Gasteiger partial charge in [0.15, 0.2) is 5.75 Å². The zero-order valence-electron chi connectivity index (χ0n) is 11.6. The van der Waals surface area contributed by atoms with E-state index >= 15 is 0 Å². The van der Waals surface area contributed by atoms with Gasteiger partial charge in [0.1, 0.15) is 11.3 Å². The first-order chi connectivity index (χ1) is 9.70. The number of ether oxygens (including phenoxy) is 2. The van der Waals surface area contributed by atoms with Crippen molar-refractivity contribution in [1.82, 2.24) is 0 Å². The lowest BCUT2D eigenvalue weighted by molar-refractivity contribution is -0.133. The monoisotopic (exact) mass is 295 g/mol. The molecule has 1 aromatic carbocycles. The number of esters is 2. The van der Waals surface area contributed by atoms with E-state index in [0.29, 0.717) is 0 Å². The number of amides is 1. The maximum Gasteiger partial charge on any atom is 0.339 e. The zero-order chi connectivity index (χ0) is 16.2. The molecule has 8 nitrogen and oxygen atoms in total. The molecule has 0 spiro atoms. The molecule has 112 valence electrons. The molecule has 2 N–H and O–H groups in total. The Kier molecular flexibility index (Phi) is 5.01. The van der Waals surface area contributed by atoms with Gasteiger partial charge in [-0.3, -0.25) is 14.4 Å². The van der Waals surface area contributed by atoms with Gasteiger partial charge in [-0.05, 0) is 0 Å². The quantitative estimate of drug-likeness (QED) is 0.632. The van der Waals surface area contributed by atoms with Gasteiger partial charge in [0.25, 0.3) is 0 Å². The van der Waals surface area contributed by atoms with E-state index in [1.165, 1.54) is 6.92 Å². The fourth-order valence-corrected chi connectivity index (χ4v) is 1.49. The number of carboxylic acids is 1. The third-order valence-corrected chi connectivity index (χ3v) is 2.13. The second-order valence-electron chi connectivity index (χ2n) is 4.02. The van der Waals surface area contributed by atoms with Gasteiger partial charge in [-0.2, -0.15) is 0 Å². The molecule has 8 heteroatoms. The molecule has 1 aromatic rings. The van der Waals surface area contributed by atoms with Gasteiger partial charge >= 0.3 is 17.9 Å². The van der Waals surface area contributed by atoms with Crippen LogP contribution in [-0.2, 0) is 14.4 Å². The highest BCUT2D eigenvalue weighted by atomic mass is 16.5. The lowest BCUT2D eigenvalue weighted by Crippen LogP contribution is -2.13. The Morgan fingerprint density at radius 1 is 0.952 bits per heavy atom. The van der Waals surface area contributed by atoms with Gasteiger partial charge in [0, 0.05) is 32.9 Å². The first-order valence-electron chi connectivity index (χ1n) is 5.76. The number of hydrogen-bond donors (Lipinski definition) is 2. The normalized spacial score (nSPS) is 9.67. The molecule has 1 amide bonds. The number of benzene rings is 1. The summed E-state index contributed by atoms with van der Waals surface area (Å²) in [5.74, 6) is -3.71. The fourth-order valence-electron chi connectivity index (χ4n) is 1.49. The number of carboxylic acid groups (broad SMARTS) is 1. The summed E-state index contributed by atoms with van der Waals surface area (Å²) in [5, 5.41) is 11.4. The number of carbonyl (C=O) groups is 4. The van der Waals surface area contributed by atoms with E-state index in [1.54, 1.807) is 0 Å². The van der Waals surface area contributed by atoms with Crippen molar-refractivity contribution in [2.24, 2.45) is 0 Å². The van der Waals surface area contributed by atoms with Crippen molar-refractivity contribution in [2.45, 2.75) is 20.8 Å². The Morgan fingerprint density at radius 2 is 1.48 bits per heavy atom. The van der Waals surface area contributed by atoms with Gasteiger partial charge < -0.3 is 19.9 Å². The van der Waals surface area contributed by atoms with Crippen LogP contribution >= 0.6 is 0 Å². The maximum absolute atomic E-state index is 11.2. The van der Waals surface area contributed by atoms with Gasteiger partial charge in [-0.15, -0.1) is 0 Å². The molecule has 0 saturated heterocycles. The van der Waals surface area contributed by atoms with Crippen molar-refractivity contribution in [3.05, 3.63) is 17.7 Å². The van der Waals surface area contributed by atoms with Crippen molar-refractivity contribution in [3.8, 4) is 11.5 Å². The molecule has 0 aliphatic heterocycles. The van der Waals surface area contributed by atoms with Crippen LogP contribution in [0.1, 0.15) is 31.1 Å². The lowest BCUT2D eigenvalue weighted by atomic mass is 10.1. The molecule has 0 radical (unpaired) electrons. The highest BCUT2D eigenvalue weighted by Gasteiger charge is 2.20. The van der Waals surface area contributed by atoms with Gasteiger partial charge in [-0.1, -0.05) is 0 Å². The summed E-state index contributed by atoms with van der Waals surface area (Å²) in [6.07, 6.45) is 0. The smallest absolute Gasteiger partial charge is 0.339 e. The molecule has 1 rings (SSSR count). The Morgan fingerprint density at radius 3 is 1.90 bits per heavy atom. The summed E-state index contributed by atoms with van der Waals surface area (Å²) in [4.78, 5) is 44.3. The van der Waals surface area contributed by atoms with E-state index < -0.39 is 23.8 Å². The molecule has 0 saturated carbocycles. The third-order valence-electron chi connectivity index (χ3n) is 2.13. The van der Waals surface area contributed by atoms with Crippen LogP contribution in [0.5, 0.6) is 11.5 Å². The van der Waals surface area contributed by atoms with Crippen LogP contribution in [0.25, 0.3) is 0 Å². The first kappa shape index (κ1) is 16.2. The molecule has 0 heterocycles. The van der Waals surface area contributed by atoms with Gasteiger partial charge in [0.2, 0.25) is 5.91 Å². The number of nitrogens with one attached hydrogen (secondary N) is 1. The highest BCUT2D eigenvalue weighted by Crippen LogP contribution is 2.33. The standard InChI is InChI=1S/C13H13NO7/c1-6(15)14-10-5-11(20-7(2)16)9(13(18)19)4-12(10)21-8(3)17/h4-5H,1-3H3,(H,14,15)(H,18,19). The van der Waals surface area contributed by atoms with Crippen LogP contribution in [0.2, 0.25) is 0 Å². The Balaban J connectivity index is 3.44. The van der Waals surface area contributed by atoms with E-state index in [-0.39, 0.29) is 22.7 Å². The topological polar surface area (TPSA) is 119 Å². The molecular formula is C13H13NO7. The van der Waals surface area contributed by atoms with Crippen LogP contribution in [-0.4, -0.2) is 28.9 Å². The molecule has 0 bridgehead atoms. The maximum atomic E-state index is 11.2. The fraction of sp³-hybridized carbons (Fsp3) is 0.231. The first-order valence-corrected chi connectivity index (χ1v) is 5.76. The van der Waals surface area contributed by atoms with Gasteiger partial charge in [0.05, 0.1) is 5.69 Å². The highest BCUT2D eigenvalue weighted by molar-refractivity contribution is 5.97. The van der Waals surface area contributed by atoms with Gasteiger partial charge in [-0.25, -0.2) is 4.79 Å². The van der Waals surface area contributed by atoms with Crippen LogP contribution in [0, 0.1) is 0 Å². The Bertz CT molecular complexity index is 621. The molecule has 21 heavy (non-hydrogen) atoms. The summed E-state index contributed by atoms with van der Waals surface area (Å²) in [6, 6.07) is 2.10. The van der Waals surface area contributed by atoms with E-state index in [9.17, 15) is 19.2 Å². The van der Waals surface area contributed by atoms with Crippen LogP contribution < -0.4 is 14.8 Å². The second-order valence-corrected chi connectivity index (χ2v) is 4.02.